The minimum Gasteiger partial charge on any atom is -0.462 e. The van der Waals surface area contributed by atoms with Gasteiger partial charge in [0, 0.05) is 16.4 Å². The highest BCUT2D eigenvalue weighted by Crippen LogP contribution is 2.34. The van der Waals surface area contributed by atoms with E-state index in [2.05, 4.69) is 25.7 Å². The second-order valence-electron chi connectivity index (χ2n) is 2.75. The molecule has 1 heterocycles. The quantitative estimate of drug-likeness (QED) is 0.487. The lowest BCUT2D eigenvalue weighted by molar-refractivity contribution is -0.389. The van der Waals surface area contributed by atoms with Gasteiger partial charge < -0.3 is 14.9 Å². The van der Waals surface area contributed by atoms with Gasteiger partial charge in [0.25, 0.3) is 6.43 Å². The summed E-state index contributed by atoms with van der Waals surface area (Å²) in [5.74, 6) is -0.936. The number of nitrogens with zero attached hydrogens (tertiary/aromatic N) is 2. The van der Waals surface area contributed by atoms with E-state index in [-0.39, 0.29) is 10.9 Å². The van der Waals surface area contributed by atoms with Gasteiger partial charge in [0.15, 0.2) is 0 Å². The molecular formula is C8H7BrF2N2O3. The van der Waals surface area contributed by atoms with Gasteiger partial charge in [-0.1, -0.05) is 15.9 Å². The van der Waals surface area contributed by atoms with Gasteiger partial charge in [-0.3, -0.25) is 0 Å². The van der Waals surface area contributed by atoms with Gasteiger partial charge in [-0.25, -0.2) is 8.78 Å². The van der Waals surface area contributed by atoms with Crippen LogP contribution < -0.4 is 4.74 Å². The topological polar surface area (TPSA) is 65.3 Å². The molecule has 88 valence electrons. The summed E-state index contributed by atoms with van der Waals surface area (Å²) in [5, 5.41) is 10.6. The highest BCUT2D eigenvalue weighted by atomic mass is 79.9. The zero-order valence-electron chi connectivity index (χ0n) is 8.11. The molecule has 0 bridgehead atoms. The third-order valence-electron chi connectivity index (χ3n) is 1.84. The highest BCUT2D eigenvalue weighted by Gasteiger charge is 2.26. The van der Waals surface area contributed by atoms with E-state index in [1.165, 1.54) is 0 Å². The van der Waals surface area contributed by atoms with E-state index in [1.807, 2.05) is 0 Å². The van der Waals surface area contributed by atoms with Crippen LogP contribution in [0, 0.1) is 10.1 Å². The second-order valence-corrected chi connectivity index (χ2v) is 3.31. The van der Waals surface area contributed by atoms with Crippen molar-refractivity contribution in [1.29, 1.82) is 0 Å². The van der Waals surface area contributed by atoms with E-state index in [0.29, 0.717) is 0 Å². The molecule has 0 aliphatic heterocycles. The number of halogens is 3. The Labute approximate surface area is 97.7 Å². The van der Waals surface area contributed by atoms with E-state index in [9.17, 15) is 18.9 Å². The first-order valence-corrected chi connectivity index (χ1v) is 5.19. The first kappa shape index (κ1) is 12.8. The van der Waals surface area contributed by atoms with E-state index >= 15 is 0 Å². The zero-order chi connectivity index (χ0) is 12.3. The third kappa shape index (κ3) is 2.43. The van der Waals surface area contributed by atoms with Gasteiger partial charge in [-0.05, 0) is 10.5 Å². The van der Waals surface area contributed by atoms with Crippen LogP contribution in [0.3, 0.4) is 0 Å². The number of methoxy groups -OCH3 is 1. The van der Waals surface area contributed by atoms with E-state index in [4.69, 9.17) is 0 Å². The first-order chi connectivity index (χ1) is 7.51. The Bertz CT molecular complexity index is 389. The number of ether oxygens (including phenoxy) is 1. The zero-order valence-corrected chi connectivity index (χ0v) is 9.70. The van der Waals surface area contributed by atoms with Crippen LogP contribution in [-0.4, -0.2) is 17.0 Å². The maximum atomic E-state index is 12.7. The average molecular weight is 297 g/mol. The van der Waals surface area contributed by atoms with Crippen LogP contribution in [0.5, 0.6) is 5.88 Å². The van der Waals surface area contributed by atoms with Crippen LogP contribution in [0.4, 0.5) is 14.6 Å². The fourth-order valence-electron chi connectivity index (χ4n) is 1.16. The van der Waals surface area contributed by atoms with Crippen LogP contribution in [0.15, 0.2) is 6.07 Å². The molecule has 5 nitrogen and oxygen atoms in total. The number of rotatable bonds is 4. The van der Waals surface area contributed by atoms with Crippen molar-refractivity contribution in [2.24, 2.45) is 0 Å². The van der Waals surface area contributed by atoms with Gasteiger partial charge in [0.05, 0.1) is 7.11 Å². The maximum absolute atomic E-state index is 12.7. The molecule has 1 rings (SSSR count). The fraction of sp³-hybridized carbons (Fsp3) is 0.375. The molecule has 0 N–H and O–H groups in total. The molecule has 1 aromatic rings. The smallest absolute Gasteiger partial charge is 0.368 e. The van der Waals surface area contributed by atoms with Crippen molar-refractivity contribution in [3.05, 3.63) is 27.3 Å². The minimum atomic E-state index is -2.80. The molecule has 1 aromatic heterocycles. The lowest BCUT2D eigenvalue weighted by atomic mass is 10.1. The number of pyridine rings is 1. The van der Waals surface area contributed by atoms with Crippen molar-refractivity contribution in [2.75, 3.05) is 7.11 Å². The summed E-state index contributed by atoms with van der Waals surface area (Å²) in [6, 6.07) is 0.999. The summed E-state index contributed by atoms with van der Waals surface area (Å²) in [6.45, 7) is 0. The summed E-state index contributed by atoms with van der Waals surface area (Å²) in [6.07, 6.45) is -2.80. The SMILES string of the molecule is COc1nc([N+](=O)[O-])cc(CBr)c1C(F)F. The summed E-state index contributed by atoms with van der Waals surface area (Å²) in [7, 11) is 1.13. The molecule has 0 aromatic carbocycles. The van der Waals surface area contributed by atoms with Crippen LogP contribution in [0.1, 0.15) is 17.6 Å². The largest absolute Gasteiger partial charge is 0.462 e. The highest BCUT2D eigenvalue weighted by molar-refractivity contribution is 9.08. The Hall–Kier alpha value is -1.31. The number of hydrogen-bond donors (Lipinski definition) is 0. The number of alkyl halides is 3. The number of hydrogen-bond acceptors (Lipinski definition) is 4. The number of nitro groups is 1. The Morgan fingerprint density at radius 1 is 1.69 bits per heavy atom. The third-order valence-corrected chi connectivity index (χ3v) is 2.44. The van der Waals surface area contributed by atoms with Gasteiger partial charge in [-0.2, -0.15) is 0 Å². The molecule has 0 saturated heterocycles. The van der Waals surface area contributed by atoms with Crippen LogP contribution in [0.2, 0.25) is 0 Å². The lowest BCUT2D eigenvalue weighted by Gasteiger charge is -2.07. The molecule has 0 spiro atoms. The second kappa shape index (κ2) is 5.15. The van der Waals surface area contributed by atoms with E-state index in [0.717, 1.165) is 13.2 Å². The summed E-state index contributed by atoms with van der Waals surface area (Å²) < 4.78 is 30.0. The van der Waals surface area contributed by atoms with Crippen molar-refractivity contribution in [3.63, 3.8) is 0 Å². The van der Waals surface area contributed by atoms with E-state index < -0.39 is 28.6 Å². The molecule has 0 radical (unpaired) electrons. The molecule has 8 heteroatoms. The Kier molecular flexibility index (Phi) is 4.11. The maximum Gasteiger partial charge on any atom is 0.368 e. The van der Waals surface area contributed by atoms with Gasteiger partial charge >= 0.3 is 11.7 Å². The summed E-state index contributed by atoms with van der Waals surface area (Å²) in [5.41, 5.74) is -0.335. The number of aromatic nitrogens is 1. The van der Waals surface area contributed by atoms with Gasteiger partial charge in [0.1, 0.15) is 5.56 Å². The Balaban J connectivity index is 3.42. The molecule has 0 unspecified atom stereocenters. The van der Waals surface area contributed by atoms with Crippen molar-refractivity contribution in [1.82, 2.24) is 4.98 Å². The van der Waals surface area contributed by atoms with Crippen molar-refractivity contribution in [3.8, 4) is 5.88 Å². The standard InChI is InChI=1S/C8H7BrF2N2O3/c1-16-8-6(7(10)11)4(3-9)2-5(12-8)13(14)15/h2,7H,3H2,1H3. The fourth-order valence-corrected chi connectivity index (χ4v) is 1.62. The monoisotopic (exact) mass is 296 g/mol. The molecule has 0 atom stereocenters. The lowest BCUT2D eigenvalue weighted by Crippen LogP contribution is -2.03. The molecular weight excluding hydrogens is 290 g/mol. The van der Waals surface area contributed by atoms with Crippen LogP contribution >= 0.6 is 15.9 Å². The van der Waals surface area contributed by atoms with Crippen molar-refractivity contribution >= 4 is 21.7 Å². The first-order valence-electron chi connectivity index (χ1n) is 4.07. The van der Waals surface area contributed by atoms with Gasteiger partial charge in [-0.15, -0.1) is 0 Å². The minimum absolute atomic E-state index is 0.0619. The average Bonchev–Trinajstić information content (AvgIpc) is 2.26. The predicted molar refractivity (Wildman–Crippen MR) is 55.0 cm³/mol. The van der Waals surface area contributed by atoms with Gasteiger partial charge in [0.2, 0.25) is 0 Å². The summed E-state index contributed by atoms with van der Waals surface area (Å²) >= 11 is 2.98. The molecule has 16 heavy (non-hydrogen) atoms. The van der Waals surface area contributed by atoms with Crippen LogP contribution in [0.25, 0.3) is 0 Å². The van der Waals surface area contributed by atoms with Crippen molar-refractivity contribution in [2.45, 2.75) is 11.8 Å². The molecule has 0 saturated carbocycles. The molecule has 0 fully saturated rings. The Morgan fingerprint density at radius 2 is 2.31 bits per heavy atom. The van der Waals surface area contributed by atoms with E-state index in [1.54, 1.807) is 0 Å². The predicted octanol–water partition coefficient (Wildman–Crippen LogP) is 2.83. The normalized spacial score (nSPS) is 10.6. The molecule has 0 aliphatic carbocycles. The summed E-state index contributed by atoms with van der Waals surface area (Å²) in [4.78, 5) is 13.1. The Morgan fingerprint density at radius 3 is 2.69 bits per heavy atom. The van der Waals surface area contributed by atoms with Crippen LogP contribution in [-0.2, 0) is 5.33 Å². The molecule has 0 amide bonds. The molecule has 0 aliphatic rings. The van der Waals surface area contributed by atoms with Crippen molar-refractivity contribution < 1.29 is 18.4 Å².